The summed E-state index contributed by atoms with van der Waals surface area (Å²) in [6, 6.07) is 8.24. The summed E-state index contributed by atoms with van der Waals surface area (Å²) >= 11 is 0. The predicted molar refractivity (Wildman–Crippen MR) is 82.7 cm³/mol. The number of carbonyl (C=O) groups is 2. The van der Waals surface area contributed by atoms with Crippen LogP contribution in [0.5, 0.6) is 0 Å². The monoisotopic (exact) mass is 304 g/mol. The first-order chi connectivity index (χ1) is 10.5. The average Bonchev–Trinajstić information content (AvgIpc) is 2.49. The molecule has 0 radical (unpaired) electrons. The van der Waals surface area contributed by atoms with E-state index in [1.807, 2.05) is 18.2 Å². The van der Waals surface area contributed by atoms with Gasteiger partial charge >= 0.3 is 7.12 Å². The molecule has 1 saturated heterocycles. The van der Waals surface area contributed by atoms with Gasteiger partial charge in [0.25, 0.3) is 0 Å². The molecule has 0 aliphatic carbocycles. The smallest absolute Gasteiger partial charge is 0.426 e. The average molecular weight is 304 g/mol. The highest BCUT2D eigenvalue weighted by molar-refractivity contribution is 6.45. The minimum absolute atomic E-state index is 0.0192. The fourth-order valence-corrected chi connectivity index (χ4v) is 2.57. The van der Waals surface area contributed by atoms with E-state index in [-0.39, 0.29) is 24.2 Å². The van der Waals surface area contributed by atoms with Crippen molar-refractivity contribution >= 4 is 18.8 Å². The van der Waals surface area contributed by atoms with Crippen molar-refractivity contribution in [3.05, 3.63) is 35.9 Å². The third-order valence-corrected chi connectivity index (χ3v) is 3.76. The molecule has 1 aromatic rings. The normalized spacial score (nSPS) is 23.0. The van der Waals surface area contributed by atoms with Crippen LogP contribution in [0.1, 0.15) is 37.8 Å². The van der Waals surface area contributed by atoms with Gasteiger partial charge in [-0.1, -0.05) is 30.3 Å². The lowest BCUT2D eigenvalue weighted by atomic mass is 9.72. The third-order valence-electron chi connectivity index (χ3n) is 3.76. The number of hydrogen-bond acceptors (Lipinski definition) is 5. The van der Waals surface area contributed by atoms with Gasteiger partial charge in [-0.05, 0) is 25.3 Å². The first-order valence-corrected chi connectivity index (χ1v) is 7.41. The molecule has 1 aromatic carbocycles. The minimum Gasteiger partial charge on any atom is -0.426 e. The zero-order chi connectivity index (χ0) is 16.1. The second-order valence-corrected chi connectivity index (χ2v) is 5.64. The quantitative estimate of drug-likeness (QED) is 0.681. The molecule has 4 N–H and O–H groups in total. The van der Waals surface area contributed by atoms with E-state index in [0.717, 1.165) is 0 Å². The molecule has 1 fully saturated rings. The largest absolute Gasteiger partial charge is 0.478 e. The fourth-order valence-electron chi connectivity index (χ4n) is 2.57. The summed E-state index contributed by atoms with van der Waals surface area (Å²) in [5, 5.41) is 12.7. The van der Waals surface area contributed by atoms with E-state index in [4.69, 9.17) is 10.4 Å². The van der Waals surface area contributed by atoms with E-state index in [1.54, 1.807) is 12.1 Å². The number of nitrogens with two attached hydrogens (primary N) is 1. The maximum atomic E-state index is 12.2. The molecular formula is C15H21BN2O4. The van der Waals surface area contributed by atoms with Crippen LogP contribution in [0.25, 0.3) is 0 Å². The molecule has 1 aliphatic rings. The fraction of sp³-hybridized carbons (Fsp3) is 0.467. The number of hydrogen-bond donors (Lipinski definition) is 3. The molecular weight excluding hydrogens is 283 g/mol. The SMILES string of the molecule is CC(=O)C[C@@H]1CC[C@H](NC(=O)[C@@H](N)c2ccccc2)B(O)O1. The Kier molecular flexibility index (Phi) is 5.71. The Balaban J connectivity index is 1.88. The molecule has 0 spiro atoms. The first-order valence-electron chi connectivity index (χ1n) is 7.41. The van der Waals surface area contributed by atoms with Gasteiger partial charge in [0.15, 0.2) is 0 Å². The topological polar surface area (TPSA) is 102 Å². The summed E-state index contributed by atoms with van der Waals surface area (Å²) in [6.07, 6.45) is 1.15. The molecule has 0 saturated carbocycles. The van der Waals surface area contributed by atoms with Crippen molar-refractivity contribution in [3.63, 3.8) is 0 Å². The zero-order valence-corrected chi connectivity index (χ0v) is 12.6. The van der Waals surface area contributed by atoms with Crippen LogP contribution in [0.2, 0.25) is 0 Å². The van der Waals surface area contributed by atoms with Crippen LogP contribution < -0.4 is 11.1 Å². The molecule has 118 valence electrons. The van der Waals surface area contributed by atoms with Crippen molar-refractivity contribution in [1.82, 2.24) is 5.32 Å². The van der Waals surface area contributed by atoms with Crippen LogP contribution in [-0.2, 0) is 14.2 Å². The van der Waals surface area contributed by atoms with E-state index >= 15 is 0 Å². The van der Waals surface area contributed by atoms with Crippen molar-refractivity contribution in [2.75, 3.05) is 0 Å². The number of rotatable bonds is 5. The lowest BCUT2D eigenvalue weighted by Crippen LogP contribution is -2.54. The summed E-state index contributed by atoms with van der Waals surface area (Å²) in [6.45, 7) is 1.49. The van der Waals surface area contributed by atoms with Crippen LogP contribution in [0.15, 0.2) is 30.3 Å². The highest BCUT2D eigenvalue weighted by Gasteiger charge is 2.37. The molecule has 22 heavy (non-hydrogen) atoms. The van der Waals surface area contributed by atoms with Crippen LogP contribution in [0.3, 0.4) is 0 Å². The molecule has 2 rings (SSSR count). The van der Waals surface area contributed by atoms with Gasteiger partial charge in [0.05, 0.1) is 5.94 Å². The van der Waals surface area contributed by atoms with Crippen molar-refractivity contribution in [1.29, 1.82) is 0 Å². The van der Waals surface area contributed by atoms with Gasteiger partial charge in [-0.25, -0.2) is 0 Å². The number of nitrogens with one attached hydrogen (secondary N) is 1. The lowest BCUT2D eigenvalue weighted by molar-refractivity contribution is -0.123. The van der Waals surface area contributed by atoms with Crippen molar-refractivity contribution in [2.45, 2.75) is 44.3 Å². The van der Waals surface area contributed by atoms with Gasteiger partial charge in [0.2, 0.25) is 5.91 Å². The number of Topliss-reactive ketones (excluding diaryl/α,β-unsaturated/α-hetero) is 1. The highest BCUT2D eigenvalue weighted by Crippen LogP contribution is 2.19. The Hall–Kier alpha value is -1.70. The van der Waals surface area contributed by atoms with Gasteiger partial charge in [0.1, 0.15) is 11.8 Å². The highest BCUT2D eigenvalue weighted by atomic mass is 16.5. The van der Waals surface area contributed by atoms with E-state index in [9.17, 15) is 14.6 Å². The van der Waals surface area contributed by atoms with E-state index in [0.29, 0.717) is 18.4 Å². The minimum atomic E-state index is -1.12. The second kappa shape index (κ2) is 7.53. The van der Waals surface area contributed by atoms with Gasteiger partial charge in [-0.3, -0.25) is 9.59 Å². The van der Waals surface area contributed by atoms with Crippen LogP contribution >= 0.6 is 0 Å². The number of amides is 1. The van der Waals surface area contributed by atoms with Crippen LogP contribution in [-0.4, -0.2) is 35.9 Å². The maximum Gasteiger partial charge on any atom is 0.478 e. The van der Waals surface area contributed by atoms with Crippen molar-refractivity contribution < 1.29 is 19.3 Å². The summed E-state index contributed by atoms with van der Waals surface area (Å²) in [4.78, 5) is 23.2. The maximum absolute atomic E-state index is 12.2. The van der Waals surface area contributed by atoms with Crippen molar-refractivity contribution in [2.24, 2.45) is 5.73 Å². The Labute approximate surface area is 130 Å². The summed E-state index contributed by atoms with van der Waals surface area (Å²) in [5.41, 5.74) is 6.62. The third kappa shape index (κ3) is 4.40. The Morgan fingerprint density at radius 1 is 1.41 bits per heavy atom. The van der Waals surface area contributed by atoms with E-state index in [1.165, 1.54) is 6.92 Å². The summed E-state index contributed by atoms with van der Waals surface area (Å²) in [5.74, 6) is -0.847. The molecule has 1 aliphatic heterocycles. The predicted octanol–water partition coefficient (Wildman–Crippen LogP) is 0.349. The number of ketones is 1. The number of carbonyl (C=O) groups excluding carboxylic acids is 2. The molecule has 0 aromatic heterocycles. The molecule has 0 bridgehead atoms. The summed E-state index contributed by atoms with van der Waals surface area (Å²) in [7, 11) is -1.12. The van der Waals surface area contributed by atoms with Crippen LogP contribution in [0.4, 0.5) is 0 Å². The van der Waals surface area contributed by atoms with E-state index in [2.05, 4.69) is 5.32 Å². The summed E-state index contributed by atoms with van der Waals surface area (Å²) < 4.78 is 5.38. The van der Waals surface area contributed by atoms with E-state index < -0.39 is 19.1 Å². The Morgan fingerprint density at radius 3 is 2.68 bits per heavy atom. The molecule has 1 amide bonds. The van der Waals surface area contributed by atoms with Gasteiger partial charge in [-0.15, -0.1) is 0 Å². The van der Waals surface area contributed by atoms with Crippen molar-refractivity contribution in [3.8, 4) is 0 Å². The lowest BCUT2D eigenvalue weighted by Gasteiger charge is -2.31. The standard InChI is InChI=1S/C15H21BN2O4/c1-10(19)9-12-7-8-13(16(21)22-12)18-15(20)14(17)11-5-3-2-4-6-11/h2-6,12-14,21H,7-9,17H2,1H3,(H,18,20)/t12-,13-,14-/m0/s1. The first kappa shape index (κ1) is 16.7. The molecule has 3 atom stereocenters. The Bertz CT molecular complexity index is 526. The van der Waals surface area contributed by atoms with Gasteiger partial charge < -0.3 is 20.7 Å². The molecule has 6 nitrogen and oxygen atoms in total. The zero-order valence-electron chi connectivity index (χ0n) is 12.6. The molecule has 0 unspecified atom stereocenters. The second-order valence-electron chi connectivity index (χ2n) is 5.64. The molecule has 1 heterocycles. The number of benzene rings is 1. The van der Waals surface area contributed by atoms with Gasteiger partial charge in [0, 0.05) is 12.5 Å². The molecule has 7 heteroatoms. The van der Waals surface area contributed by atoms with Gasteiger partial charge in [-0.2, -0.15) is 0 Å². The Morgan fingerprint density at radius 2 is 2.09 bits per heavy atom. The van der Waals surface area contributed by atoms with Crippen LogP contribution in [0, 0.1) is 0 Å².